The number of carbonyl (C=O) groups is 1. The summed E-state index contributed by atoms with van der Waals surface area (Å²) >= 11 is 9.16. The van der Waals surface area contributed by atoms with Crippen LogP contribution < -0.4 is 4.90 Å². The first-order valence-electron chi connectivity index (χ1n) is 8.15. The molecule has 3 rings (SSSR count). The largest absolute Gasteiger partial charge is 0.308 e. The number of thioether (sulfide) groups is 1. The lowest BCUT2D eigenvalue weighted by molar-refractivity contribution is 0.0982. The van der Waals surface area contributed by atoms with Crippen LogP contribution in [-0.4, -0.2) is 49.2 Å². The van der Waals surface area contributed by atoms with Crippen molar-refractivity contribution < 1.29 is 4.79 Å². The average Bonchev–Trinajstić information content (AvgIpc) is 3.04. The molecule has 0 saturated heterocycles. The molecule has 0 saturated carbocycles. The highest BCUT2D eigenvalue weighted by atomic mass is 35.5. The highest BCUT2D eigenvalue weighted by Crippen LogP contribution is 2.32. The van der Waals surface area contributed by atoms with Crippen molar-refractivity contribution in [3.63, 3.8) is 0 Å². The zero-order valence-corrected chi connectivity index (χ0v) is 17.3. The molecule has 0 fully saturated rings. The number of amides is 1. The fraction of sp³-hybridized carbons (Fsp3) is 0.263. The molecule has 0 unspecified atom stereocenters. The van der Waals surface area contributed by atoms with E-state index in [0.717, 1.165) is 21.7 Å². The molecule has 2 aromatic carbocycles. The van der Waals surface area contributed by atoms with E-state index >= 15 is 0 Å². The summed E-state index contributed by atoms with van der Waals surface area (Å²) in [5.41, 5.74) is 1.56. The Morgan fingerprint density at radius 2 is 1.96 bits per heavy atom. The Morgan fingerprint density at radius 3 is 2.69 bits per heavy atom. The summed E-state index contributed by atoms with van der Waals surface area (Å²) in [7, 11) is 3.99. The van der Waals surface area contributed by atoms with Gasteiger partial charge in [0.2, 0.25) is 0 Å². The van der Waals surface area contributed by atoms with Gasteiger partial charge < -0.3 is 4.90 Å². The SMILES string of the molecule is CSc1ccccc1C(=O)N(CCN(C)C)c1nc2ccc(Cl)cc2s1. The standard InChI is InChI=1S/C19H20ClN3OS2/c1-22(2)10-11-23(18(24)14-6-4-5-7-16(14)25-3)19-21-15-9-8-13(20)12-17(15)26-19/h4-9,12H,10-11H2,1-3H3. The smallest absolute Gasteiger partial charge is 0.261 e. The number of hydrogen-bond acceptors (Lipinski definition) is 5. The third-order valence-corrected chi connectivity index (χ3v) is 6.00. The molecule has 0 spiro atoms. The number of likely N-dealkylation sites (N-methyl/N-ethyl adjacent to an activating group) is 1. The molecule has 0 aliphatic rings. The Hall–Kier alpha value is -1.60. The number of fused-ring (bicyclic) bond motifs is 1. The number of rotatable bonds is 6. The van der Waals surface area contributed by atoms with E-state index in [4.69, 9.17) is 11.6 Å². The Kier molecular flexibility index (Phi) is 6.19. The molecule has 0 aliphatic heterocycles. The number of benzene rings is 2. The number of thiazole rings is 1. The minimum atomic E-state index is -0.0260. The van der Waals surface area contributed by atoms with Crippen molar-refractivity contribution in [1.82, 2.24) is 9.88 Å². The van der Waals surface area contributed by atoms with Crippen LogP contribution in [0.5, 0.6) is 0 Å². The van der Waals surface area contributed by atoms with Crippen LogP contribution in [0.2, 0.25) is 5.02 Å². The third kappa shape index (κ3) is 4.20. The van der Waals surface area contributed by atoms with Gasteiger partial charge in [-0.25, -0.2) is 4.98 Å². The summed E-state index contributed by atoms with van der Waals surface area (Å²) in [5.74, 6) is -0.0260. The average molecular weight is 406 g/mol. The predicted molar refractivity (Wildman–Crippen MR) is 113 cm³/mol. The highest BCUT2D eigenvalue weighted by molar-refractivity contribution is 7.98. The van der Waals surface area contributed by atoms with Crippen molar-refractivity contribution in [3.05, 3.63) is 53.1 Å². The van der Waals surface area contributed by atoms with Crippen molar-refractivity contribution in [2.24, 2.45) is 0 Å². The quantitative estimate of drug-likeness (QED) is 0.547. The van der Waals surface area contributed by atoms with Crippen LogP contribution >= 0.6 is 34.7 Å². The number of anilines is 1. The first-order chi connectivity index (χ1) is 12.5. The maximum atomic E-state index is 13.3. The number of hydrogen-bond donors (Lipinski definition) is 0. The molecule has 0 N–H and O–H groups in total. The second-order valence-corrected chi connectivity index (χ2v) is 8.36. The second kappa shape index (κ2) is 8.39. The normalized spacial score (nSPS) is 11.3. The van der Waals surface area contributed by atoms with Gasteiger partial charge >= 0.3 is 0 Å². The summed E-state index contributed by atoms with van der Waals surface area (Å²) in [6, 6.07) is 13.3. The summed E-state index contributed by atoms with van der Waals surface area (Å²) in [6.45, 7) is 1.33. The van der Waals surface area contributed by atoms with Crippen molar-refractivity contribution in [3.8, 4) is 0 Å². The Morgan fingerprint density at radius 1 is 1.19 bits per heavy atom. The minimum absolute atomic E-state index is 0.0260. The van der Waals surface area contributed by atoms with E-state index in [1.165, 1.54) is 11.3 Å². The molecule has 1 aromatic heterocycles. The van der Waals surface area contributed by atoms with Gasteiger partial charge in [-0.05, 0) is 50.7 Å². The van der Waals surface area contributed by atoms with Crippen molar-refractivity contribution in [2.45, 2.75) is 4.90 Å². The van der Waals surface area contributed by atoms with Crippen molar-refractivity contribution >= 4 is 56.0 Å². The molecule has 0 aliphatic carbocycles. The fourth-order valence-corrected chi connectivity index (χ4v) is 4.41. The van der Waals surface area contributed by atoms with Crippen LogP contribution in [0.4, 0.5) is 5.13 Å². The summed E-state index contributed by atoms with van der Waals surface area (Å²) < 4.78 is 0.980. The van der Waals surface area contributed by atoms with Crippen LogP contribution in [-0.2, 0) is 0 Å². The van der Waals surface area contributed by atoms with Gasteiger partial charge in [-0.3, -0.25) is 9.69 Å². The van der Waals surface area contributed by atoms with E-state index in [2.05, 4.69) is 9.88 Å². The van der Waals surface area contributed by atoms with Crippen molar-refractivity contribution in [2.75, 3.05) is 38.3 Å². The number of carbonyl (C=O) groups excluding carboxylic acids is 1. The van der Waals surface area contributed by atoms with E-state index < -0.39 is 0 Å². The molecule has 1 amide bonds. The van der Waals surface area contributed by atoms with Crippen molar-refractivity contribution in [1.29, 1.82) is 0 Å². The lowest BCUT2D eigenvalue weighted by Crippen LogP contribution is -2.37. The second-order valence-electron chi connectivity index (χ2n) is 6.07. The Balaban J connectivity index is 2.01. The van der Waals surface area contributed by atoms with Gasteiger partial charge in [0.25, 0.3) is 5.91 Å². The van der Waals surface area contributed by atoms with Gasteiger partial charge in [-0.15, -0.1) is 11.8 Å². The van der Waals surface area contributed by atoms with Gasteiger partial charge in [0.15, 0.2) is 5.13 Å². The molecule has 3 aromatic rings. The predicted octanol–water partition coefficient (Wildman–Crippen LogP) is 4.88. The lowest BCUT2D eigenvalue weighted by atomic mass is 10.2. The van der Waals surface area contributed by atoms with Gasteiger partial charge in [-0.2, -0.15) is 0 Å². The van der Waals surface area contributed by atoms with Gasteiger partial charge in [0, 0.05) is 23.0 Å². The molecule has 7 heteroatoms. The zero-order valence-electron chi connectivity index (χ0n) is 14.9. The maximum absolute atomic E-state index is 13.3. The Bertz CT molecular complexity index is 926. The van der Waals surface area contributed by atoms with E-state index in [9.17, 15) is 4.79 Å². The van der Waals surface area contributed by atoms with Crippen LogP contribution in [0, 0.1) is 0 Å². The molecule has 1 heterocycles. The fourth-order valence-electron chi connectivity index (χ4n) is 2.55. The van der Waals surface area contributed by atoms with Crippen LogP contribution in [0.3, 0.4) is 0 Å². The first kappa shape index (κ1) is 19.2. The third-order valence-electron chi connectivity index (χ3n) is 3.92. The molecular formula is C19H20ClN3OS2. The molecule has 4 nitrogen and oxygen atoms in total. The van der Waals surface area contributed by atoms with E-state index in [1.54, 1.807) is 16.7 Å². The molecule has 0 radical (unpaired) electrons. The zero-order chi connectivity index (χ0) is 18.7. The lowest BCUT2D eigenvalue weighted by Gasteiger charge is -2.22. The molecule has 136 valence electrons. The number of halogens is 1. The van der Waals surface area contributed by atoms with Crippen LogP contribution in [0.25, 0.3) is 10.2 Å². The topological polar surface area (TPSA) is 36.4 Å². The van der Waals surface area contributed by atoms with Crippen LogP contribution in [0.15, 0.2) is 47.4 Å². The van der Waals surface area contributed by atoms with Gasteiger partial charge in [-0.1, -0.05) is 35.1 Å². The monoisotopic (exact) mass is 405 g/mol. The molecular weight excluding hydrogens is 386 g/mol. The van der Waals surface area contributed by atoms with E-state index in [0.29, 0.717) is 22.3 Å². The minimum Gasteiger partial charge on any atom is -0.308 e. The maximum Gasteiger partial charge on any atom is 0.261 e. The molecule has 0 atom stereocenters. The summed E-state index contributed by atoms with van der Waals surface area (Å²) in [4.78, 5) is 22.8. The van der Waals surface area contributed by atoms with Gasteiger partial charge in [0.05, 0.1) is 15.8 Å². The summed E-state index contributed by atoms with van der Waals surface area (Å²) in [5, 5.41) is 1.37. The number of aromatic nitrogens is 1. The highest BCUT2D eigenvalue weighted by Gasteiger charge is 2.23. The Labute approximate surface area is 166 Å². The molecule has 26 heavy (non-hydrogen) atoms. The van der Waals surface area contributed by atoms with E-state index in [-0.39, 0.29) is 5.91 Å². The number of nitrogens with zero attached hydrogens (tertiary/aromatic N) is 3. The molecule has 0 bridgehead atoms. The first-order valence-corrected chi connectivity index (χ1v) is 10.6. The van der Waals surface area contributed by atoms with Gasteiger partial charge in [0.1, 0.15) is 0 Å². The van der Waals surface area contributed by atoms with E-state index in [1.807, 2.05) is 62.8 Å². The van der Waals surface area contributed by atoms with Crippen LogP contribution in [0.1, 0.15) is 10.4 Å². The summed E-state index contributed by atoms with van der Waals surface area (Å²) in [6.07, 6.45) is 1.98.